The van der Waals surface area contributed by atoms with Gasteiger partial charge < -0.3 is 19.9 Å². The number of alkyl halides is 1. The standard InChI is InChI=1S/C19H20ClIN4O2S/c1-12(26)24(2)14-5-3-4-13(10-14)19(21)11-15-16(28-19)17(23-18(20)22-15)25-6-8-27-9-7-25/h3-5,10-11H,6-9H2,1-2H3,(H,22,23). The van der Waals surface area contributed by atoms with E-state index in [-0.39, 0.29) is 8.66 Å². The Bertz CT molecular complexity index is 913. The summed E-state index contributed by atoms with van der Waals surface area (Å²) in [5.74, 6) is 0.906. The molecule has 0 radical (unpaired) electrons. The van der Waals surface area contributed by atoms with E-state index in [0.717, 1.165) is 40.8 Å². The summed E-state index contributed by atoms with van der Waals surface area (Å²) in [4.78, 5) is 21.3. The Hall–Kier alpha value is -1.23. The number of ether oxygens (including phenoxy) is 1. The lowest BCUT2D eigenvalue weighted by Crippen LogP contribution is -2.38. The fourth-order valence-corrected chi connectivity index (χ4v) is 5.96. The second-order valence-electron chi connectivity index (χ2n) is 6.71. The van der Waals surface area contributed by atoms with Crippen molar-refractivity contribution in [3.8, 4) is 0 Å². The molecule has 148 valence electrons. The number of benzene rings is 1. The first-order valence-corrected chi connectivity index (χ1v) is 11.2. The first-order chi connectivity index (χ1) is 13.4. The van der Waals surface area contributed by atoms with Gasteiger partial charge in [-0.1, -0.05) is 46.5 Å². The summed E-state index contributed by atoms with van der Waals surface area (Å²) in [6.45, 7) is 4.54. The van der Waals surface area contributed by atoms with Gasteiger partial charge in [-0.2, -0.15) is 0 Å². The van der Waals surface area contributed by atoms with Gasteiger partial charge in [0.2, 0.25) is 11.2 Å². The van der Waals surface area contributed by atoms with Gasteiger partial charge in [0.1, 0.15) is 8.57 Å². The number of carbonyl (C=O) groups is 1. The molecule has 1 amide bonds. The van der Waals surface area contributed by atoms with Gasteiger partial charge in [-0.25, -0.2) is 4.99 Å². The van der Waals surface area contributed by atoms with E-state index in [1.807, 2.05) is 12.1 Å². The molecule has 0 saturated carbocycles. The molecule has 1 N–H and O–H groups in total. The van der Waals surface area contributed by atoms with Crippen molar-refractivity contribution in [2.75, 3.05) is 38.3 Å². The lowest BCUT2D eigenvalue weighted by atomic mass is 10.1. The maximum Gasteiger partial charge on any atom is 0.223 e. The van der Waals surface area contributed by atoms with Gasteiger partial charge in [0, 0.05) is 32.7 Å². The smallest absolute Gasteiger partial charge is 0.223 e. The third-order valence-corrected chi connectivity index (χ3v) is 7.91. The minimum atomic E-state index is -0.322. The monoisotopic (exact) mass is 530 g/mol. The molecule has 1 atom stereocenters. The van der Waals surface area contributed by atoms with Crippen molar-refractivity contribution in [3.05, 3.63) is 52.3 Å². The van der Waals surface area contributed by atoms with Gasteiger partial charge in [0.15, 0.2) is 0 Å². The van der Waals surface area contributed by atoms with Gasteiger partial charge >= 0.3 is 0 Å². The zero-order valence-electron chi connectivity index (χ0n) is 15.5. The number of nitrogens with one attached hydrogen (secondary N) is 1. The Morgan fingerprint density at radius 2 is 2.18 bits per heavy atom. The number of carbonyl (C=O) groups excluding carboxylic acids is 1. The number of amidine groups is 1. The number of thioether (sulfide) groups is 1. The highest BCUT2D eigenvalue weighted by atomic mass is 127. The Labute approximate surface area is 187 Å². The molecule has 1 fully saturated rings. The third-order valence-electron chi connectivity index (χ3n) is 4.88. The molecule has 0 aliphatic carbocycles. The van der Waals surface area contributed by atoms with Crippen LogP contribution in [-0.2, 0) is 12.3 Å². The Morgan fingerprint density at radius 1 is 1.43 bits per heavy atom. The van der Waals surface area contributed by atoms with Crippen molar-refractivity contribution in [2.45, 2.75) is 9.68 Å². The average Bonchev–Trinajstić information content (AvgIpc) is 3.04. The van der Waals surface area contributed by atoms with Crippen LogP contribution in [0.3, 0.4) is 0 Å². The summed E-state index contributed by atoms with van der Waals surface area (Å²) in [5, 5.41) is 3.58. The van der Waals surface area contributed by atoms with Crippen LogP contribution in [0.5, 0.6) is 0 Å². The fraction of sp³-hybridized carbons (Fsp3) is 0.368. The predicted octanol–water partition coefficient (Wildman–Crippen LogP) is 3.59. The van der Waals surface area contributed by atoms with Crippen LogP contribution in [0.15, 0.2) is 51.8 Å². The van der Waals surface area contributed by atoms with E-state index in [1.165, 1.54) is 0 Å². The lowest BCUT2D eigenvalue weighted by molar-refractivity contribution is -0.116. The van der Waals surface area contributed by atoms with Crippen molar-refractivity contribution in [2.24, 2.45) is 4.99 Å². The number of halogens is 2. The number of anilines is 1. The van der Waals surface area contributed by atoms with Gasteiger partial charge in [-0.15, -0.1) is 0 Å². The number of aliphatic imine (C=N–C) groups is 1. The maximum atomic E-state index is 11.8. The van der Waals surface area contributed by atoms with Crippen LogP contribution >= 0.6 is 46.0 Å². The molecule has 3 aliphatic heterocycles. The second kappa shape index (κ2) is 7.89. The second-order valence-corrected chi connectivity index (χ2v) is 10.8. The molecule has 0 spiro atoms. The number of fused-ring (bicyclic) bond motifs is 1. The molecule has 3 heterocycles. The van der Waals surface area contributed by atoms with Crippen LogP contribution < -0.4 is 10.2 Å². The molecule has 0 bridgehead atoms. The van der Waals surface area contributed by atoms with Crippen molar-refractivity contribution in [3.63, 3.8) is 0 Å². The van der Waals surface area contributed by atoms with Gasteiger partial charge in [-0.3, -0.25) is 4.79 Å². The summed E-state index contributed by atoms with van der Waals surface area (Å²) in [6.07, 6.45) is 2.18. The summed E-state index contributed by atoms with van der Waals surface area (Å²) in [5.41, 5.74) is 2.96. The zero-order chi connectivity index (χ0) is 19.9. The Morgan fingerprint density at radius 3 is 2.89 bits per heavy atom. The highest BCUT2D eigenvalue weighted by Gasteiger charge is 2.41. The van der Waals surface area contributed by atoms with Crippen LogP contribution in [0.4, 0.5) is 5.69 Å². The largest absolute Gasteiger partial charge is 0.378 e. The Balaban J connectivity index is 1.70. The van der Waals surface area contributed by atoms with Crippen LogP contribution in [0.2, 0.25) is 0 Å². The van der Waals surface area contributed by atoms with Crippen molar-refractivity contribution in [1.82, 2.24) is 10.2 Å². The molecule has 1 unspecified atom stereocenters. The van der Waals surface area contributed by atoms with Crippen LogP contribution in [0.1, 0.15) is 12.5 Å². The number of morpholine rings is 1. The van der Waals surface area contributed by atoms with E-state index in [2.05, 4.69) is 56.0 Å². The molecule has 6 nitrogen and oxygen atoms in total. The average molecular weight is 531 g/mol. The van der Waals surface area contributed by atoms with E-state index in [1.54, 1.807) is 30.6 Å². The fourth-order valence-electron chi connectivity index (χ4n) is 3.27. The molecule has 4 rings (SSSR count). The summed E-state index contributed by atoms with van der Waals surface area (Å²) < 4.78 is 5.16. The zero-order valence-corrected chi connectivity index (χ0v) is 19.3. The third kappa shape index (κ3) is 3.79. The SMILES string of the molecule is CC(=O)N(C)c1cccc(C2(I)C=C3NC(Cl)=NC(N4CCOCC4)=C3S2)c1. The minimum absolute atomic E-state index is 0.00455. The molecule has 3 aliphatic rings. The highest BCUT2D eigenvalue weighted by molar-refractivity contribution is 14.1. The van der Waals surface area contributed by atoms with Gasteiger partial charge in [0.05, 0.1) is 23.8 Å². The first-order valence-electron chi connectivity index (χ1n) is 8.91. The maximum absolute atomic E-state index is 11.8. The van der Waals surface area contributed by atoms with Crippen molar-refractivity contribution >= 4 is 62.8 Å². The van der Waals surface area contributed by atoms with E-state index in [0.29, 0.717) is 18.5 Å². The van der Waals surface area contributed by atoms with Crippen LogP contribution in [-0.4, -0.2) is 49.5 Å². The first kappa shape index (κ1) is 20.1. The lowest BCUT2D eigenvalue weighted by Gasteiger charge is -2.32. The molecule has 1 aromatic carbocycles. The van der Waals surface area contributed by atoms with Gasteiger partial charge in [-0.05, 0) is 35.4 Å². The quantitative estimate of drug-likeness (QED) is 0.368. The minimum Gasteiger partial charge on any atom is -0.378 e. The molecular formula is C19H20ClIN4O2S. The molecule has 1 aromatic rings. The number of nitrogens with zero attached hydrogens (tertiary/aromatic N) is 3. The molecule has 1 saturated heterocycles. The topological polar surface area (TPSA) is 57.2 Å². The number of hydrogen-bond acceptors (Lipinski definition) is 6. The molecular weight excluding hydrogens is 511 g/mol. The number of rotatable bonds is 3. The van der Waals surface area contributed by atoms with Gasteiger partial charge in [0.25, 0.3) is 0 Å². The number of hydrogen-bond donors (Lipinski definition) is 1. The summed E-state index contributed by atoms with van der Waals surface area (Å²) in [7, 11) is 1.79. The molecule has 9 heteroatoms. The molecule has 28 heavy (non-hydrogen) atoms. The number of amides is 1. The van der Waals surface area contributed by atoms with Crippen LogP contribution in [0.25, 0.3) is 0 Å². The van der Waals surface area contributed by atoms with E-state index < -0.39 is 0 Å². The Kier molecular flexibility index (Phi) is 5.65. The van der Waals surface area contributed by atoms with E-state index in [9.17, 15) is 4.79 Å². The predicted molar refractivity (Wildman–Crippen MR) is 123 cm³/mol. The van der Waals surface area contributed by atoms with Crippen molar-refractivity contribution < 1.29 is 9.53 Å². The molecule has 0 aromatic heterocycles. The van der Waals surface area contributed by atoms with E-state index >= 15 is 0 Å². The normalized spacial score (nSPS) is 24.4. The highest BCUT2D eigenvalue weighted by Crippen LogP contribution is 2.57. The van der Waals surface area contributed by atoms with Crippen molar-refractivity contribution in [1.29, 1.82) is 0 Å². The summed E-state index contributed by atoms with van der Waals surface area (Å²) in [6, 6.07) is 8.08. The van der Waals surface area contributed by atoms with E-state index in [4.69, 9.17) is 16.3 Å². The van der Waals surface area contributed by atoms with Crippen LogP contribution in [0, 0.1) is 0 Å². The summed E-state index contributed by atoms with van der Waals surface area (Å²) >= 11 is 10.5.